The summed E-state index contributed by atoms with van der Waals surface area (Å²) in [6.45, 7) is 2.02. The van der Waals surface area contributed by atoms with Gasteiger partial charge in [0.05, 0.1) is 5.52 Å². The van der Waals surface area contributed by atoms with Crippen LogP contribution in [0.15, 0.2) is 95.8 Å². The molecule has 0 aliphatic rings. The molecule has 5 N–H and O–H groups in total. The molecule has 4 aromatic rings. The lowest BCUT2D eigenvalue weighted by Gasteiger charge is -2.12. The van der Waals surface area contributed by atoms with Gasteiger partial charge in [-0.15, -0.1) is 0 Å². The number of fused-ring (bicyclic) bond motifs is 1. The summed E-state index contributed by atoms with van der Waals surface area (Å²) in [5.41, 5.74) is 11.0. The Kier molecular flexibility index (Phi) is 7.55. The molecule has 0 saturated carbocycles. The van der Waals surface area contributed by atoms with E-state index in [1.54, 1.807) is 55.7 Å². The van der Waals surface area contributed by atoms with Gasteiger partial charge in [0.15, 0.2) is 0 Å². The van der Waals surface area contributed by atoms with E-state index in [1.807, 2.05) is 31.2 Å². The van der Waals surface area contributed by atoms with Gasteiger partial charge < -0.3 is 21.7 Å². The molecule has 8 heteroatoms. The van der Waals surface area contributed by atoms with Crippen LogP contribution >= 0.6 is 0 Å². The van der Waals surface area contributed by atoms with Gasteiger partial charge in [-0.2, -0.15) is 0 Å². The molecule has 0 aliphatic carbocycles. The highest BCUT2D eigenvalue weighted by atomic mass is 19.1. The Labute approximate surface area is 209 Å². The van der Waals surface area contributed by atoms with Crippen LogP contribution in [-0.4, -0.2) is 23.8 Å². The van der Waals surface area contributed by atoms with E-state index >= 15 is 0 Å². The Morgan fingerprint density at radius 1 is 0.972 bits per heavy atom. The summed E-state index contributed by atoms with van der Waals surface area (Å²) in [5.74, 6) is -0.0976. The van der Waals surface area contributed by atoms with Crippen LogP contribution in [-0.2, 0) is 0 Å². The van der Waals surface area contributed by atoms with Crippen molar-refractivity contribution in [3.63, 3.8) is 0 Å². The number of aliphatic imine (C=N–C) groups is 1. The van der Waals surface area contributed by atoms with Crippen LogP contribution < -0.4 is 21.7 Å². The number of amides is 1. The van der Waals surface area contributed by atoms with E-state index in [0.717, 1.165) is 29.2 Å². The first kappa shape index (κ1) is 24.4. The maximum Gasteiger partial charge on any atom is 0.255 e. The van der Waals surface area contributed by atoms with Gasteiger partial charge in [-0.05, 0) is 85.3 Å². The monoisotopic (exact) mass is 482 g/mol. The number of allylic oxidation sites excluding steroid dienone is 1. The largest absolute Gasteiger partial charge is 0.384 e. The summed E-state index contributed by atoms with van der Waals surface area (Å²) in [6, 6.07) is 20.7. The molecule has 7 nitrogen and oxygen atoms in total. The zero-order chi connectivity index (χ0) is 25.5. The highest BCUT2D eigenvalue weighted by molar-refractivity contribution is 6.04. The van der Waals surface area contributed by atoms with E-state index in [-0.39, 0.29) is 11.7 Å². The second kappa shape index (κ2) is 11.1. The smallest absolute Gasteiger partial charge is 0.255 e. The highest BCUT2D eigenvalue weighted by Gasteiger charge is 2.08. The van der Waals surface area contributed by atoms with Gasteiger partial charge in [0.2, 0.25) is 0 Å². The van der Waals surface area contributed by atoms with Crippen LogP contribution in [0.25, 0.3) is 10.9 Å². The molecule has 0 radical (unpaired) electrons. The van der Waals surface area contributed by atoms with E-state index in [1.165, 1.54) is 12.1 Å². The van der Waals surface area contributed by atoms with Crippen molar-refractivity contribution < 1.29 is 9.18 Å². The van der Waals surface area contributed by atoms with Gasteiger partial charge in [0, 0.05) is 52.6 Å². The summed E-state index contributed by atoms with van der Waals surface area (Å²) < 4.78 is 13.7. The number of carbonyl (C=O) groups is 1. The number of rotatable bonds is 8. The lowest BCUT2D eigenvalue weighted by molar-refractivity contribution is 0.102. The fraction of sp³-hybridized carbons (Fsp3) is 0.107. The van der Waals surface area contributed by atoms with Crippen molar-refractivity contribution in [3.8, 4) is 0 Å². The minimum atomic E-state index is -0.327. The summed E-state index contributed by atoms with van der Waals surface area (Å²) >= 11 is 0. The summed E-state index contributed by atoms with van der Waals surface area (Å²) in [7, 11) is 1.64. The van der Waals surface area contributed by atoms with Crippen LogP contribution in [0.4, 0.5) is 27.1 Å². The molecule has 0 fully saturated rings. The number of amidine groups is 1. The van der Waals surface area contributed by atoms with Crippen LogP contribution in [0, 0.1) is 5.82 Å². The van der Waals surface area contributed by atoms with Crippen molar-refractivity contribution in [2.75, 3.05) is 23.0 Å². The lowest BCUT2D eigenvalue weighted by Crippen LogP contribution is -2.12. The third-order valence-corrected chi connectivity index (χ3v) is 5.54. The number of nitrogens with zero attached hydrogens (tertiary/aromatic N) is 2. The molecule has 4 rings (SSSR count). The summed E-state index contributed by atoms with van der Waals surface area (Å²) in [6.07, 6.45) is 4.23. The number of hydrogen-bond acceptors (Lipinski definition) is 5. The number of anilines is 4. The zero-order valence-electron chi connectivity index (χ0n) is 20.0. The first-order valence-electron chi connectivity index (χ1n) is 11.5. The minimum Gasteiger partial charge on any atom is -0.384 e. The summed E-state index contributed by atoms with van der Waals surface area (Å²) in [5, 5.41) is 10.2. The molecular formula is C28H27FN6O. The predicted octanol–water partition coefficient (Wildman–Crippen LogP) is 6.06. The van der Waals surface area contributed by atoms with Crippen molar-refractivity contribution in [1.29, 1.82) is 0 Å². The molecule has 0 bridgehead atoms. The fourth-order valence-corrected chi connectivity index (χ4v) is 3.58. The molecule has 0 saturated heterocycles. The molecule has 36 heavy (non-hydrogen) atoms. The normalized spacial score (nSPS) is 11.9. The Bertz CT molecular complexity index is 1430. The van der Waals surface area contributed by atoms with Gasteiger partial charge >= 0.3 is 0 Å². The van der Waals surface area contributed by atoms with Crippen molar-refractivity contribution in [1.82, 2.24) is 4.98 Å². The SMILES string of the molecule is CC/C(=C\C(N)=NC)Nc1ccc(NC(=O)c2ccc(Nc3ccnc4ccc(F)cc34)cc2)cc1. The fourth-order valence-electron chi connectivity index (χ4n) is 3.58. The van der Waals surface area contributed by atoms with Crippen LogP contribution in [0.3, 0.4) is 0 Å². The molecule has 1 amide bonds. The molecule has 1 heterocycles. The van der Waals surface area contributed by atoms with E-state index in [2.05, 4.69) is 25.9 Å². The van der Waals surface area contributed by atoms with Gasteiger partial charge in [-0.3, -0.25) is 14.8 Å². The molecule has 0 spiro atoms. The standard InChI is InChI=1S/C28H27FN6O/c1-3-20(17-27(30)31-2)33-21-9-11-23(12-10-21)35-28(36)18-4-7-22(8-5-18)34-26-14-15-32-25-13-6-19(29)16-24(25)26/h4-17,33H,3H2,1-2H3,(H2,30,31)(H,32,34)(H,35,36)/b20-17+. The van der Waals surface area contributed by atoms with Gasteiger partial charge in [-0.25, -0.2) is 4.39 Å². The molecule has 182 valence electrons. The molecule has 0 atom stereocenters. The topological polar surface area (TPSA) is 104 Å². The van der Waals surface area contributed by atoms with Crippen molar-refractivity contribution in [2.45, 2.75) is 13.3 Å². The van der Waals surface area contributed by atoms with E-state index in [9.17, 15) is 9.18 Å². The third-order valence-electron chi connectivity index (χ3n) is 5.54. The number of hydrogen-bond donors (Lipinski definition) is 4. The molecule has 0 aliphatic heterocycles. The quantitative estimate of drug-likeness (QED) is 0.180. The second-order valence-corrected chi connectivity index (χ2v) is 8.05. The van der Waals surface area contributed by atoms with Gasteiger partial charge in [-0.1, -0.05) is 6.92 Å². The zero-order valence-corrected chi connectivity index (χ0v) is 20.0. The predicted molar refractivity (Wildman–Crippen MR) is 145 cm³/mol. The highest BCUT2D eigenvalue weighted by Crippen LogP contribution is 2.26. The third kappa shape index (κ3) is 6.04. The van der Waals surface area contributed by atoms with Crippen LogP contribution in [0.1, 0.15) is 23.7 Å². The minimum absolute atomic E-state index is 0.222. The molecular weight excluding hydrogens is 455 g/mol. The first-order chi connectivity index (χ1) is 17.4. The molecule has 1 aromatic heterocycles. The van der Waals surface area contributed by atoms with E-state index in [4.69, 9.17) is 5.73 Å². The lowest BCUT2D eigenvalue weighted by atomic mass is 10.1. The maximum atomic E-state index is 13.7. The number of carbonyl (C=O) groups excluding carboxylic acids is 1. The number of aromatic nitrogens is 1. The Morgan fingerprint density at radius 2 is 1.64 bits per heavy atom. The number of halogens is 1. The molecule has 0 unspecified atom stereocenters. The van der Waals surface area contributed by atoms with Crippen molar-refractivity contribution in [3.05, 3.63) is 102 Å². The average molecular weight is 483 g/mol. The number of pyridine rings is 1. The number of nitrogens with one attached hydrogen (secondary N) is 3. The van der Waals surface area contributed by atoms with E-state index in [0.29, 0.717) is 28.0 Å². The van der Waals surface area contributed by atoms with Gasteiger partial charge in [0.1, 0.15) is 11.7 Å². The maximum absolute atomic E-state index is 13.7. The van der Waals surface area contributed by atoms with Crippen molar-refractivity contribution >= 4 is 45.4 Å². The Morgan fingerprint density at radius 3 is 2.31 bits per heavy atom. The Balaban J connectivity index is 1.40. The van der Waals surface area contributed by atoms with Gasteiger partial charge in [0.25, 0.3) is 5.91 Å². The average Bonchev–Trinajstić information content (AvgIpc) is 2.90. The Hall–Kier alpha value is -4.72. The molecule has 3 aromatic carbocycles. The second-order valence-electron chi connectivity index (χ2n) is 8.05. The number of benzene rings is 3. The van der Waals surface area contributed by atoms with Crippen LogP contribution in [0.2, 0.25) is 0 Å². The first-order valence-corrected chi connectivity index (χ1v) is 11.5. The van der Waals surface area contributed by atoms with Crippen molar-refractivity contribution in [2.24, 2.45) is 10.7 Å². The summed E-state index contributed by atoms with van der Waals surface area (Å²) in [4.78, 5) is 20.9. The van der Waals surface area contributed by atoms with Crippen LogP contribution in [0.5, 0.6) is 0 Å². The number of nitrogens with two attached hydrogens (primary N) is 1. The van der Waals surface area contributed by atoms with E-state index < -0.39 is 0 Å².